The van der Waals surface area contributed by atoms with E-state index in [0.29, 0.717) is 6.04 Å². The predicted molar refractivity (Wildman–Crippen MR) is 56.3 cm³/mol. The van der Waals surface area contributed by atoms with E-state index in [2.05, 4.69) is 11.9 Å². The third-order valence-corrected chi connectivity index (χ3v) is 3.66. The Morgan fingerprint density at radius 1 is 1.36 bits per heavy atom. The number of rotatable bonds is 4. The minimum Gasteiger partial charge on any atom is -0.481 e. The Morgan fingerprint density at radius 3 is 2.29 bits per heavy atom. The molecule has 0 radical (unpaired) electrons. The molecule has 3 nitrogen and oxygen atoms in total. The van der Waals surface area contributed by atoms with Crippen molar-refractivity contribution in [2.75, 3.05) is 7.05 Å². The lowest BCUT2D eigenvalue weighted by Gasteiger charge is -2.32. The summed E-state index contributed by atoms with van der Waals surface area (Å²) in [5.74, 6) is -0.969. The van der Waals surface area contributed by atoms with Crippen LogP contribution in [-0.4, -0.2) is 35.1 Å². The first kappa shape index (κ1) is 11.5. The smallest absolute Gasteiger partial charge is 0.307 e. The minimum atomic E-state index is -0.692. The van der Waals surface area contributed by atoms with Crippen molar-refractivity contribution in [1.29, 1.82) is 0 Å². The van der Waals surface area contributed by atoms with E-state index < -0.39 is 5.97 Å². The minimum absolute atomic E-state index is 0.135. The third kappa shape index (κ3) is 2.47. The third-order valence-electron chi connectivity index (χ3n) is 3.66. The summed E-state index contributed by atoms with van der Waals surface area (Å²) >= 11 is 0. The molecule has 0 bridgehead atoms. The van der Waals surface area contributed by atoms with Crippen LogP contribution in [-0.2, 0) is 4.79 Å². The number of hydrogen-bond acceptors (Lipinski definition) is 2. The van der Waals surface area contributed by atoms with E-state index in [-0.39, 0.29) is 12.0 Å². The van der Waals surface area contributed by atoms with Gasteiger partial charge in [0, 0.05) is 12.1 Å². The summed E-state index contributed by atoms with van der Waals surface area (Å²) in [7, 11) is 2.06. The zero-order valence-electron chi connectivity index (χ0n) is 9.36. The highest BCUT2D eigenvalue weighted by molar-refractivity contribution is 5.70. The van der Waals surface area contributed by atoms with Gasteiger partial charge in [-0.2, -0.15) is 0 Å². The van der Waals surface area contributed by atoms with Gasteiger partial charge in [-0.15, -0.1) is 0 Å². The van der Waals surface area contributed by atoms with Gasteiger partial charge in [-0.3, -0.25) is 9.69 Å². The van der Waals surface area contributed by atoms with Gasteiger partial charge in [0.15, 0.2) is 0 Å². The van der Waals surface area contributed by atoms with Crippen LogP contribution < -0.4 is 0 Å². The molecule has 1 aliphatic carbocycles. The van der Waals surface area contributed by atoms with Crippen molar-refractivity contribution in [3.8, 4) is 0 Å². The highest BCUT2D eigenvalue weighted by Crippen LogP contribution is 2.25. The first-order valence-electron chi connectivity index (χ1n) is 5.48. The first-order chi connectivity index (χ1) is 6.54. The molecule has 0 spiro atoms. The largest absolute Gasteiger partial charge is 0.481 e. The molecule has 0 saturated heterocycles. The van der Waals surface area contributed by atoms with E-state index in [9.17, 15) is 4.79 Å². The summed E-state index contributed by atoms with van der Waals surface area (Å²) in [5, 5.41) is 8.92. The Hall–Kier alpha value is -0.570. The number of nitrogens with zero attached hydrogens (tertiary/aromatic N) is 1. The van der Waals surface area contributed by atoms with Crippen LogP contribution in [0.1, 0.15) is 39.5 Å². The van der Waals surface area contributed by atoms with Gasteiger partial charge in [0.05, 0.1) is 5.92 Å². The van der Waals surface area contributed by atoms with Crippen molar-refractivity contribution in [2.45, 2.75) is 51.6 Å². The van der Waals surface area contributed by atoms with Gasteiger partial charge in [0.2, 0.25) is 0 Å². The van der Waals surface area contributed by atoms with Gasteiger partial charge >= 0.3 is 5.97 Å². The molecule has 2 atom stereocenters. The van der Waals surface area contributed by atoms with Gasteiger partial charge in [0.25, 0.3) is 0 Å². The molecule has 0 heterocycles. The molecular weight excluding hydrogens is 178 g/mol. The summed E-state index contributed by atoms with van der Waals surface area (Å²) in [6.07, 6.45) is 5.05. The van der Waals surface area contributed by atoms with Gasteiger partial charge in [0.1, 0.15) is 0 Å². The van der Waals surface area contributed by atoms with Crippen LogP contribution in [0, 0.1) is 5.92 Å². The monoisotopic (exact) mass is 199 g/mol. The maximum Gasteiger partial charge on any atom is 0.307 e. The van der Waals surface area contributed by atoms with Gasteiger partial charge < -0.3 is 5.11 Å². The Morgan fingerprint density at radius 2 is 1.86 bits per heavy atom. The van der Waals surface area contributed by atoms with Gasteiger partial charge in [-0.05, 0) is 26.8 Å². The number of carboxylic acid groups (broad SMARTS) is 1. The van der Waals surface area contributed by atoms with E-state index >= 15 is 0 Å². The van der Waals surface area contributed by atoms with E-state index in [1.54, 1.807) is 6.92 Å². The molecule has 0 aliphatic heterocycles. The molecule has 0 aromatic rings. The van der Waals surface area contributed by atoms with Crippen molar-refractivity contribution < 1.29 is 9.90 Å². The SMILES string of the molecule is CC(C(=O)O)C(C)N(C)C1CCCC1. The van der Waals surface area contributed by atoms with Crippen molar-refractivity contribution in [2.24, 2.45) is 5.92 Å². The highest BCUT2D eigenvalue weighted by Gasteiger charge is 2.28. The molecule has 1 aliphatic rings. The number of carboxylic acids is 1. The van der Waals surface area contributed by atoms with Crippen LogP contribution in [0.4, 0.5) is 0 Å². The molecular formula is C11H21NO2. The molecule has 14 heavy (non-hydrogen) atoms. The molecule has 3 heteroatoms. The Bertz CT molecular complexity index is 199. The Balaban J connectivity index is 2.49. The fourth-order valence-electron chi connectivity index (χ4n) is 2.20. The normalized spacial score (nSPS) is 22.6. The zero-order chi connectivity index (χ0) is 10.7. The topological polar surface area (TPSA) is 40.5 Å². The number of hydrogen-bond donors (Lipinski definition) is 1. The molecule has 1 saturated carbocycles. The molecule has 0 aromatic carbocycles. The van der Waals surface area contributed by atoms with Crippen molar-refractivity contribution in [3.63, 3.8) is 0 Å². The van der Waals surface area contributed by atoms with Crippen LogP contribution in [0.5, 0.6) is 0 Å². The lowest BCUT2D eigenvalue weighted by atomic mass is 10.0. The van der Waals surface area contributed by atoms with Crippen LogP contribution in [0.25, 0.3) is 0 Å². The first-order valence-corrected chi connectivity index (χ1v) is 5.48. The average molecular weight is 199 g/mol. The van der Waals surface area contributed by atoms with Crippen molar-refractivity contribution in [1.82, 2.24) is 4.90 Å². The fraction of sp³-hybridized carbons (Fsp3) is 0.909. The maximum atomic E-state index is 10.8. The predicted octanol–water partition coefficient (Wildman–Crippen LogP) is 1.97. The summed E-state index contributed by atoms with van der Waals surface area (Å²) in [6.45, 7) is 3.80. The number of aliphatic carboxylic acids is 1. The van der Waals surface area contributed by atoms with Gasteiger partial charge in [-0.25, -0.2) is 0 Å². The molecule has 1 fully saturated rings. The van der Waals surface area contributed by atoms with Crippen LogP contribution in [0.15, 0.2) is 0 Å². The summed E-state index contributed by atoms with van der Waals surface area (Å²) < 4.78 is 0. The van der Waals surface area contributed by atoms with E-state index in [0.717, 1.165) is 0 Å². The number of carbonyl (C=O) groups is 1. The standard InChI is InChI=1S/C11H21NO2/c1-8(11(13)14)9(2)12(3)10-6-4-5-7-10/h8-10H,4-7H2,1-3H3,(H,13,14). The second-order valence-electron chi connectivity index (χ2n) is 4.47. The second-order valence-corrected chi connectivity index (χ2v) is 4.47. The van der Waals surface area contributed by atoms with Crippen molar-refractivity contribution in [3.05, 3.63) is 0 Å². The molecule has 1 N–H and O–H groups in total. The van der Waals surface area contributed by atoms with E-state index in [1.165, 1.54) is 25.7 Å². The van der Waals surface area contributed by atoms with E-state index in [4.69, 9.17) is 5.11 Å². The maximum absolute atomic E-state index is 10.8. The molecule has 0 amide bonds. The lowest BCUT2D eigenvalue weighted by Crippen LogP contribution is -2.42. The molecule has 1 rings (SSSR count). The molecule has 82 valence electrons. The van der Waals surface area contributed by atoms with Gasteiger partial charge in [-0.1, -0.05) is 19.8 Å². The van der Waals surface area contributed by atoms with Crippen LogP contribution in [0.3, 0.4) is 0 Å². The second kappa shape index (κ2) is 4.78. The van der Waals surface area contributed by atoms with Crippen molar-refractivity contribution >= 4 is 5.97 Å². The molecule has 0 aromatic heterocycles. The quantitative estimate of drug-likeness (QED) is 0.752. The van der Waals surface area contributed by atoms with E-state index in [1.807, 2.05) is 6.92 Å². The summed E-state index contributed by atoms with van der Waals surface area (Å²) in [6, 6.07) is 0.738. The summed E-state index contributed by atoms with van der Waals surface area (Å²) in [4.78, 5) is 13.1. The fourth-order valence-corrected chi connectivity index (χ4v) is 2.20. The molecule has 2 unspecified atom stereocenters. The van der Waals surface area contributed by atoms with Crippen LogP contribution in [0.2, 0.25) is 0 Å². The van der Waals surface area contributed by atoms with Crippen LogP contribution >= 0.6 is 0 Å². The lowest BCUT2D eigenvalue weighted by molar-refractivity contribution is -0.143. The highest BCUT2D eigenvalue weighted by atomic mass is 16.4. The Labute approximate surface area is 86.1 Å². The zero-order valence-corrected chi connectivity index (χ0v) is 9.36. The Kier molecular flexibility index (Phi) is 3.93. The summed E-state index contributed by atoms with van der Waals surface area (Å²) in [5.41, 5.74) is 0. The average Bonchev–Trinajstić information content (AvgIpc) is 2.67.